The van der Waals surface area contributed by atoms with Crippen LogP contribution in [0.1, 0.15) is 33.5 Å². The van der Waals surface area contributed by atoms with E-state index in [1.807, 2.05) is 12.1 Å². The first-order chi connectivity index (χ1) is 6.97. The van der Waals surface area contributed by atoms with E-state index in [9.17, 15) is 0 Å². The minimum atomic E-state index is -0.0776. The molecule has 1 aromatic heterocycles. The van der Waals surface area contributed by atoms with Crippen LogP contribution >= 0.6 is 0 Å². The van der Waals surface area contributed by atoms with Gasteiger partial charge in [-0.1, -0.05) is 0 Å². The monoisotopic (exact) mass is 211 g/mol. The Labute approximate surface area is 91.8 Å². The lowest BCUT2D eigenvalue weighted by Crippen LogP contribution is -2.33. The normalized spacial score (nSPS) is 14.1. The Morgan fingerprint density at radius 2 is 2.20 bits per heavy atom. The summed E-state index contributed by atoms with van der Waals surface area (Å²) in [6, 6.07) is 3.86. The van der Waals surface area contributed by atoms with Gasteiger partial charge >= 0.3 is 0 Å². The molecule has 1 N–H and O–H groups in total. The van der Waals surface area contributed by atoms with Crippen LogP contribution in [-0.2, 0) is 11.3 Å². The summed E-state index contributed by atoms with van der Waals surface area (Å²) in [5.74, 6) is 0.956. The minimum Gasteiger partial charge on any atom is -0.468 e. The molecular weight excluding hydrogens is 190 g/mol. The van der Waals surface area contributed by atoms with Gasteiger partial charge in [-0.2, -0.15) is 0 Å². The van der Waals surface area contributed by atoms with Crippen molar-refractivity contribution < 1.29 is 9.15 Å². The molecule has 1 aromatic rings. The Morgan fingerprint density at radius 1 is 1.47 bits per heavy atom. The van der Waals surface area contributed by atoms with E-state index in [0.717, 1.165) is 18.8 Å². The summed E-state index contributed by atoms with van der Waals surface area (Å²) in [4.78, 5) is 0. The van der Waals surface area contributed by atoms with Crippen LogP contribution in [0.15, 0.2) is 22.8 Å². The van der Waals surface area contributed by atoms with Gasteiger partial charge in [0.05, 0.1) is 24.5 Å². The van der Waals surface area contributed by atoms with E-state index >= 15 is 0 Å². The lowest BCUT2D eigenvalue weighted by Gasteiger charge is -2.25. The van der Waals surface area contributed by atoms with Crippen LogP contribution in [0.5, 0.6) is 0 Å². The number of ether oxygens (including phenoxy) is 1. The zero-order valence-electron chi connectivity index (χ0n) is 10.0. The van der Waals surface area contributed by atoms with Gasteiger partial charge in [-0.3, -0.25) is 0 Å². The molecule has 1 heterocycles. The largest absolute Gasteiger partial charge is 0.468 e. The van der Waals surface area contributed by atoms with Crippen LogP contribution in [0.25, 0.3) is 0 Å². The maximum Gasteiger partial charge on any atom is 0.117 e. The molecule has 0 radical (unpaired) electrons. The molecule has 1 unspecified atom stereocenters. The molecule has 3 heteroatoms. The van der Waals surface area contributed by atoms with Gasteiger partial charge in [0.2, 0.25) is 0 Å². The van der Waals surface area contributed by atoms with Gasteiger partial charge in [-0.25, -0.2) is 0 Å². The fourth-order valence-electron chi connectivity index (χ4n) is 1.46. The number of hydrogen-bond donors (Lipinski definition) is 1. The lowest BCUT2D eigenvalue weighted by molar-refractivity contribution is -0.0500. The van der Waals surface area contributed by atoms with E-state index in [1.54, 1.807) is 6.26 Å². The molecule has 0 aliphatic carbocycles. The first-order valence-corrected chi connectivity index (χ1v) is 5.38. The molecular formula is C12H21NO2. The Kier molecular flexibility index (Phi) is 4.36. The minimum absolute atomic E-state index is 0.0776. The highest BCUT2D eigenvalue weighted by Crippen LogP contribution is 2.10. The van der Waals surface area contributed by atoms with E-state index < -0.39 is 0 Å². The van der Waals surface area contributed by atoms with E-state index in [1.165, 1.54) is 0 Å². The van der Waals surface area contributed by atoms with Gasteiger partial charge in [0, 0.05) is 6.54 Å². The zero-order chi connectivity index (χ0) is 11.3. The molecule has 86 valence electrons. The fraction of sp³-hybridized carbons (Fsp3) is 0.667. The molecule has 0 amide bonds. The highest BCUT2D eigenvalue weighted by Gasteiger charge is 2.14. The Morgan fingerprint density at radius 3 is 2.73 bits per heavy atom. The van der Waals surface area contributed by atoms with E-state index in [0.29, 0.717) is 0 Å². The predicted octanol–water partition coefficient (Wildman–Crippen LogP) is 2.57. The number of hydrogen-bond acceptors (Lipinski definition) is 3. The molecule has 0 saturated carbocycles. The number of furan rings is 1. The Hall–Kier alpha value is -0.800. The Balaban J connectivity index is 2.15. The smallest absolute Gasteiger partial charge is 0.117 e. The van der Waals surface area contributed by atoms with Crippen molar-refractivity contribution in [2.75, 3.05) is 6.54 Å². The van der Waals surface area contributed by atoms with Crippen LogP contribution in [0.2, 0.25) is 0 Å². The molecule has 3 nitrogen and oxygen atoms in total. The predicted molar refractivity (Wildman–Crippen MR) is 60.7 cm³/mol. The molecule has 15 heavy (non-hydrogen) atoms. The van der Waals surface area contributed by atoms with Gasteiger partial charge in [-0.05, 0) is 39.8 Å². The van der Waals surface area contributed by atoms with E-state index in [2.05, 4.69) is 33.0 Å². The second kappa shape index (κ2) is 5.33. The molecule has 0 bridgehead atoms. The molecule has 0 saturated heterocycles. The van der Waals surface area contributed by atoms with Crippen molar-refractivity contribution in [2.24, 2.45) is 0 Å². The Bertz CT molecular complexity index is 262. The molecule has 0 aliphatic rings. The summed E-state index contributed by atoms with van der Waals surface area (Å²) in [5, 5.41) is 3.29. The molecule has 0 aliphatic heterocycles. The maximum atomic E-state index is 5.76. The van der Waals surface area contributed by atoms with Gasteiger partial charge in [0.15, 0.2) is 0 Å². The number of rotatable bonds is 5. The zero-order valence-corrected chi connectivity index (χ0v) is 10.0. The number of nitrogens with one attached hydrogen (secondary N) is 1. The van der Waals surface area contributed by atoms with Crippen molar-refractivity contribution in [1.29, 1.82) is 0 Å². The third-order valence-electron chi connectivity index (χ3n) is 1.87. The SMILES string of the molecule is CC(CNCc1ccco1)OC(C)(C)C. The summed E-state index contributed by atoms with van der Waals surface area (Å²) in [7, 11) is 0. The molecule has 0 fully saturated rings. The van der Waals surface area contributed by atoms with Gasteiger partial charge in [0.1, 0.15) is 5.76 Å². The average Bonchev–Trinajstić information content (AvgIpc) is 2.53. The van der Waals surface area contributed by atoms with Crippen molar-refractivity contribution >= 4 is 0 Å². The quantitative estimate of drug-likeness (QED) is 0.813. The van der Waals surface area contributed by atoms with Crippen LogP contribution in [0, 0.1) is 0 Å². The standard InChI is InChI=1S/C12H21NO2/c1-10(15-12(2,3)4)8-13-9-11-6-5-7-14-11/h5-7,10,13H,8-9H2,1-4H3. The third-order valence-corrected chi connectivity index (χ3v) is 1.87. The highest BCUT2D eigenvalue weighted by atomic mass is 16.5. The van der Waals surface area contributed by atoms with E-state index in [-0.39, 0.29) is 11.7 Å². The molecule has 0 aromatic carbocycles. The first kappa shape index (κ1) is 12.3. The van der Waals surface area contributed by atoms with Gasteiger partial charge < -0.3 is 14.5 Å². The van der Waals surface area contributed by atoms with Gasteiger partial charge in [-0.15, -0.1) is 0 Å². The third kappa shape index (κ3) is 5.60. The van der Waals surface area contributed by atoms with Crippen LogP contribution in [-0.4, -0.2) is 18.2 Å². The molecule has 1 rings (SSSR count). The van der Waals surface area contributed by atoms with Crippen molar-refractivity contribution in [2.45, 2.75) is 45.9 Å². The first-order valence-electron chi connectivity index (χ1n) is 5.38. The summed E-state index contributed by atoms with van der Waals surface area (Å²) >= 11 is 0. The van der Waals surface area contributed by atoms with Crippen molar-refractivity contribution in [3.8, 4) is 0 Å². The summed E-state index contributed by atoms with van der Waals surface area (Å²) in [5.41, 5.74) is -0.0776. The van der Waals surface area contributed by atoms with Crippen LogP contribution in [0.4, 0.5) is 0 Å². The summed E-state index contributed by atoms with van der Waals surface area (Å²) < 4.78 is 11.0. The van der Waals surface area contributed by atoms with Crippen molar-refractivity contribution in [3.05, 3.63) is 24.2 Å². The highest BCUT2D eigenvalue weighted by molar-refractivity contribution is 4.97. The second-order valence-electron chi connectivity index (χ2n) is 4.75. The van der Waals surface area contributed by atoms with Crippen molar-refractivity contribution in [3.63, 3.8) is 0 Å². The maximum absolute atomic E-state index is 5.76. The van der Waals surface area contributed by atoms with Crippen LogP contribution < -0.4 is 5.32 Å². The topological polar surface area (TPSA) is 34.4 Å². The van der Waals surface area contributed by atoms with Gasteiger partial charge in [0.25, 0.3) is 0 Å². The summed E-state index contributed by atoms with van der Waals surface area (Å²) in [6.07, 6.45) is 1.89. The molecule has 0 spiro atoms. The molecule has 1 atom stereocenters. The van der Waals surface area contributed by atoms with Crippen molar-refractivity contribution in [1.82, 2.24) is 5.32 Å². The lowest BCUT2D eigenvalue weighted by atomic mass is 10.2. The average molecular weight is 211 g/mol. The summed E-state index contributed by atoms with van der Waals surface area (Å²) in [6.45, 7) is 9.85. The van der Waals surface area contributed by atoms with E-state index in [4.69, 9.17) is 9.15 Å². The fourth-order valence-corrected chi connectivity index (χ4v) is 1.46. The second-order valence-corrected chi connectivity index (χ2v) is 4.75. The van der Waals surface area contributed by atoms with Crippen LogP contribution in [0.3, 0.4) is 0 Å².